The SMILES string of the molecule is Cl.Cl.Nc1nc2c(OC3CCC(N)CC3)cccc2s1. The number of benzene rings is 1. The molecule has 1 aliphatic carbocycles. The van der Waals surface area contributed by atoms with Gasteiger partial charge in [-0.1, -0.05) is 17.4 Å². The molecule has 0 atom stereocenters. The highest BCUT2D eigenvalue weighted by atomic mass is 35.5. The lowest BCUT2D eigenvalue weighted by atomic mass is 9.94. The summed E-state index contributed by atoms with van der Waals surface area (Å²) in [5, 5.41) is 0.590. The van der Waals surface area contributed by atoms with E-state index in [-0.39, 0.29) is 30.9 Å². The molecular formula is C13H19Cl2N3OS. The van der Waals surface area contributed by atoms with Gasteiger partial charge >= 0.3 is 0 Å². The summed E-state index contributed by atoms with van der Waals surface area (Å²) in [6.07, 6.45) is 4.40. The number of para-hydroxylation sites is 1. The van der Waals surface area contributed by atoms with Crippen LogP contribution in [0.25, 0.3) is 10.2 Å². The zero-order chi connectivity index (χ0) is 12.5. The minimum absolute atomic E-state index is 0. The summed E-state index contributed by atoms with van der Waals surface area (Å²) in [5.74, 6) is 0.848. The summed E-state index contributed by atoms with van der Waals surface area (Å²) in [7, 11) is 0. The molecule has 1 aliphatic rings. The number of anilines is 1. The monoisotopic (exact) mass is 335 g/mol. The van der Waals surface area contributed by atoms with Crippen molar-refractivity contribution in [1.82, 2.24) is 4.98 Å². The topological polar surface area (TPSA) is 74.2 Å². The average Bonchev–Trinajstić information content (AvgIpc) is 2.73. The van der Waals surface area contributed by atoms with Crippen LogP contribution in [0.5, 0.6) is 5.75 Å². The van der Waals surface area contributed by atoms with Gasteiger partial charge in [0, 0.05) is 6.04 Å². The number of nitrogen functional groups attached to an aromatic ring is 1. The molecule has 1 saturated carbocycles. The Bertz CT molecular complexity index is 556. The molecular weight excluding hydrogens is 317 g/mol. The van der Waals surface area contributed by atoms with E-state index in [2.05, 4.69) is 4.98 Å². The van der Waals surface area contributed by atoms with Gasteiger partial charge in [0.25, 0.3) is 0 Å². The lowest BCUT2D eigenvalue weighted by molar-refractivity contribution is 0.149. The van der Waals surface area contributed by atoms with Crippen LogP contribution in [0.15, 0.2) is 18.2 Å². The third kappa shape index (κ3) is 3.67. The predicted octanol–water partition coefficient (Wildman–Crippen LogP) is 3.37. The molecule has 2 aromatic rings. The lowest BCUT2D eigenvalue weighted by Gasteiger charge is -2.26. The smallest absolute Gasteiger partial charge is 0.181 e. The molecule has 1 aromatic carbocycles. The Morgan fingerprint density at radius 3 is 2.55 bits per heavy atom. The summed E-state index contributed by atoms with van der Waals surface area (Å²) in [6, 6.07) is 6.32. The fraction of sp³-hybridized carbons (Fsp3) is 0.462. The quantitative estimate of drug-likeness (QED) is 0.882. The van der Waals surface area contributed by atoms with E-state index in [4.69, 9.17) is 16.2 Å². The number of hydrogen-bond donors (Lipinski definition) is 2. The van der Waals surface area contributed by atoms with E-state index in [1.54, 1.807) is 0 Å². The maximum atomic E-state index is 6.06. The highest BCUT2D eigenvalue weighted by Gasteiger charge is 2.21. The van der Waals surface area contributed by atoms with E-state index in [0.29, 0.717) is 11.2 Å². The highest BCUT2D eigenvalue weighted by molar-refractivity contribution is 7.22. The fourth-order valence-electron chi connectivity index (χ4n) is 2.42. The number of nitrogens with two attached hydrogens (primary N) is 2. The van der Waals surface area contributed by atoms with Crippen LogP contribution in [0.1, 0.15) is 25.7 Å². The Morgan fingerprint density at radius 2 is 1.85 bits per heavy atom. The number of hydrogen-bond acceptors (Lipinski definition) is 5. The molecule has 4 nitrogen and oxygen atoms in total. The average molecular weight is 336 g/mol. The molecule has 1 heterocycles. The minimum Gasteiger partial charge on any atom is -0.488 e. The number of nitrogens with zero attached hydrogens (tertiary/aromatic N) is 1. The van der Waals surface area contributed by atoms with Gasteiger partial charge in [-0.2, -0.15) is 0 Å². The Labute approximate surface area is 134 Å². The van der Waals surface area contributed by atoms with Crippen molar-refractivity contribution in [2.75, 3.05) is 5.73 Å². The van der Waals surface area contributed by atoms with Crippen molar-refractivity contribution >= 4 is 51.5 Å². The molecule has 7 heteroatoms. The molecule has 0 spiro atoms. The highest BCUT2D eigenvalue weighted by Crippen LogP contribution is 2.33. The van der Waals surface area contributed by atoms with Crippen molar-refractivity contribution in [3.05, 3.63) is 18.2 Å². The van der Waals surface area contributed by atoms with Crippen molar-refractivity contribution in [3.63, 3.8) is 0 Å². The maximum absolute atomic E-state index is 6.06. The van der Waals surface area contributed by atoms with Crippen LogP contribution < -0.4 is 16.2 Å². The first kappa shape index (κ1) is 17.3. The van der Waals surface area contributed by atoms with Gasteiger partial charge in [-0.3, -0.25) is 0 Å². The molecule has 0 bridgehead atoms. The van der Waals surface area contributed by atoms with E-state index < -0.39 is 0 Å². The summed E-state index contributed by atoms with van der Waals surface area (Å²) in [4.78, 5) is 4.34. The number of fused-ring (bicyclic) bond motifs is 1. The normalized spacial score (nSPS) is 21.9. The standard InChI is InChI=1S/C13H17N3OS.2ClH/c14-8-4-6-9(7-5-8)17-10-2-1-3-11-12(10)16-13(15)18-11;;/h1-3,8-9H,4-7,14H2,(H2,15,16);2*1H. The van der Waals surface area contributed by atoms with Crippen molar-refractivity contribution in [2.24, 2.45) is 5.73 Å². The Balaban J connectivity index is 0.000001000. The largest absolute Gasteiger partial charge is 0.488 e. The second-order valence-corrected chi connectivity index (χ2v) is 5.87. The van der Waals surface area contributed by atoms with Crippen molar-refractivity contribution in [2.45, 2.75) is 37.8 Å². The van der Waals surface area contributed by atoms with E-state index in [9.17, 15) is 0 Å². The molecule has 1 aromatic heterocycles. The third-order valence-electron chi connectivity index (χ3n) is 3.41. The van der Waals surface area contributed by atoms with E-state index in [1.807, 2.05) is 18.2 Å². The van der Waals surface area contributed by atoms with Gasteiger partial charge in [0.2, 0.25) is 0 Å². The van der Waals surface area contributed by atoms with Crippen molar-refractivity contribution < 1.29 is 4.74 Å². The van der Waals surface area contributed by atoms with Crippen LogP contribution in [0.3, 0.4) is 0 Å². The van der Waals surface area contributed by atoms with E-state index in [1.165, 1.54) is 11.3 Å². The lowest BCUT2D eigenvalue weighted by Crippen LogP contribution is -2.31. The molecule has 0 saturated heterocycles. The Morgan fingerprint density at radius 1 is 1.15 bits per heavy atom. The van der Waals surface area contributed by atoms with Gasteiger partial charge < -0.3 is 16.2 Å². The molecule has 0 unspecified atom stereocenters. The summed E-state index contributed by atoms with van der Waals surface area (Å²) in [6.45, 7) is 0. The minimum atomic E-state index is 0. The van der Waals surface area contributed by atoms with Gasteiger partial charge in [-0.15, -0.1) is 24.8 Å². The van der Waals surface area contributed by atoms with Crippen molar-refractivity contribution in [1.29, 1.82) is 0 Å². The van der Waals surface area contributed by atoms with Crippen LogP contribution in [0, 0.1) is 0 Å². The fourth-order valence-corrected chi connectivity index (χ4v) is 3.17. The molecule has 4 N–H and O–H groups in total. The molecule has 0 radical (unpaired) electrons. The van der Waals surface area contributed by atoms with E-state index >= 15 is 0 Å². The van der Waals surface area contributed by atoms with Crippen molar-refractivity contribution in [3.8, 4) is 5.75 Å². The molecule has 0 aliphatic heterocycles. The van der Waals surface area contributed by atoms with Gasteiger partial charge in [-0.05, 0) is 37.8 Å². The van der Waals surface area contributed by atoms with Crippen LogP contribution >= 0.6 is 36.2 Å². The molecule has 20 heavy (non-hydrogen) atoms. The molecule has 0 amide bonds. The molecule has 3 rings (SSSR count). The maximum Gasteiger partial charge on any atom is 0.181 e. The second kappa shape index (κ2) is 7.31. The van der Waals surface area contributed by atoms with Crippen LogP contribution in [0.2, 0.25) is 0 Å². The van der Waals surface area contributed by atoms with Crippen LogP contribution in [0.4, 0.5) is 5.13 Å². The summed E-state index contributed by atoms with van der Waals surface area (Å²) < 4.78 is 7.14. The molecule has 112 valence electrons. The Kier molecular flexibility index (Phi) is 6.33. The number of halogens is 2. The first-order chi connectivity index (χ1) is 8.72. The van der Waals surface area contributed by atoms with Crippen LogP contribution in [-0.2, 0) is 0 Å². The Hall–Kier alpha value is -0.750. The zero-order valence-corrected chi connectivity index (χ0v) is 13.4. The molecule has 1 fully saturated rings. The number of rotatable bonds is 2. The first-order valence-corrected chi connectivity index (χ1v) is 7.11. The number of aromatic nitrogens is 1. The van der Waals surface area contributed by atoms with Gasteiger partial charge in [0.1, 0.15) is 11.3 Å². The van der Waals surface area contributed by atoms with Gasteiger partial charge in [0.15, 0.2) is 5.13 Å². The summed E-state index contributed by atoms with van der Waals surface area (Å²) in [5.41, 5.74) is 12.5. The first-order valence-electron chi connectivity index (χ1n) is 6.29. The zero-order valence-electron chi connectivity index (χ0n) is 11.0. The number of thiazole rings is 1. The third-order valence-corrected chi connectivity index (χ3v) is 4.26. The van der Waals surface area contributed by atoms with E-state index in [0.717, 1.165) is 41.6 Å². The number of ether oxygens (including phenoxy) is 1. The van der Waals surface area contributed by atoms with Gasteiger partial charge in [0.05, 0.1) is 10.8 Å². The second-order valence-electron chi connectivity index (χ2n) is 4.81. The predicted molar refractivity (Wildman–Crippen MR) is 89.4 cm³/mol. The van der Waals surface area contributed by atoms with Gasteiger partial charge in [-0.25, -0.2) is 4.98 Å². The van der Waals surface area contributed by atoms with Crippen LogP contribution in [-0.4, -0.2) is 17.1 Å². The summed E-state index contributed by atoms with van der Waals surface area (Å²) >= 11 is 1.50.